The molecule has 0 aliphatic heterocycles. The van der Waals surface area contributed by atoms with Crippen LogP contribution in [-0.2, 0) is 0 Å². The third kappa shape index (κ3) is 2.32. The van der Waals surface area contributed by atoms with Crippen LogP contribution in [0.4, 0.5) is 0 Å². The summed E-state index contributed by atoms with van der Waals surface area (Å²) in [6, 6.07) is 26.3. The van der Waals surface area contributed by atoms with Gasteiger partial charge in [-0.15, -0.1) is 0 Å². The van der Waals surface area contributed by atoms with Crippen LogP contribution < -0.4 is 0 Å². The molecule has 0 atom stereocenters. The van der Waals surface area contributed by atoms with Crippen LogP contribution in [-0.4, -0.2) is 0 Å². The zero-order valence-corrected chi connectivity index (χ0v) is 13.9. The molecular formula is C21H15Br. The summed E-state index contributed by atoms with van der Waals surface area (Å²) in [5.41, 5.74) is 3.82. The summed E-state index contributed by atoms with van der Waals surface area (Å²) in [4.78, 5) is 0. The van der Waals surface area contributed by atoms with Crippen LogP contribution in [0.2, 0.25) is 0 Å². The van der Waals surface area contributed by atoms with E-state index in [4.69, 9.17) is 0 Å². The van der Waals surface area contributed by atoms with Gasteiger partial charge in [0.25, 0.3) is 0 Å². The van der Waals surface area contributed by atoms with Crippen molar-refractivity contribution >= 4 is 37.5 Å². The van der Waals surface area contributed by atoms with Crippen LogP contribution in [0.5, 0.6) is 0 Å². The molecule has 0 aliphatic carbocycles. The average molecular weight is 347 g/mol. The van der Waals surface area contributed by atoms with E-state index in [0.29, 0.717) is 0 Å². The molecule has 0 bridgehead atoms. The van der Waals surface area contributed by atoms with Gasteiger partial charge in [-0.1, -0.05) is 70.0 Å². The van der Waals surface area contributed by atoms with Gasteiger partial charge in [-0.3, -0.25) is 0 Å². The predicted octanol–water partition coefficient (Wildman–Crippen LogP) is 6.73. The first-order chi connectivity index (χ1) is 10.7. The maximum absolute atomic E-state index is 3.64. The molecule has 0 aromatic heterocycles. The third-order valence-electron chi connectivity index (χ3n) is 4.17. The summed E-state index contributed by atoms with van der Waals surface area (Å²) in [6.07, 6.45) is 0. The van der Waals surface area contributed by atoms with E-state index in [-0.39, 0.29) is 0 Å². The minimum atomic E-state index is 1.15. The van der Waals surface area contributed by atoms with E-state index in [1.807, 2.05) is 0 Å². The van der Waals surface area contributed by atoms with Crippen molar-refractivity contribution in [3.63, 3.8) is 0 Å². The molecule has 0 saturated carbocycles. The Morgan fingerprint density at radius 2 is 1.41 bits per heavy atom. The summed E-state index contributed by atoms with van der Waals surface area (Å²) in [5.74, 6) is 0. The Labute approximate surface area is 138 Å². The topological polar surface area (TPSA) is 0 Å². The van der Waals surface area contributed by atoms with Crippen molar-refractivity contribution in [1.29, 1.82) is 0 Å². The molecule has 0 spiro atoms. The maximum Gasteiger partial charge on any atom is 0.0253 e. The van der Waals surface area contributed by atoms with Gasteiger partial charge in [0.2, 0.25) is 0 Å². The predicted molar refractivity (Wildman–Crippen MR) is 99.3 cm³/mol. The van der Waals surface area contributed by atoms with Crippen molar-refractivity contribution in [1.82, 2.24) is 0 Å². The van der Waals surface area contributed by atoms with Crippen LogP contribution in [0.15, 0.2) is 77.3 Å². The number of aryl methyl sites for hydroxylation is 1. The van der Waals surface area contributed by atoms with Gasteiger partial charge < -0.3 is 0 Å². The molecule has 0 radical (unpaired) electrons. The first-order valence-electron chi connectivity index (χ1n) is 7.40. The van der Waals surface area contributed by atoms with Gasteiger partial charge in [0.15, 0.2) is 0 Å². The monoisotopic (exact) mass is 346 g/mol. The van der Waals surface area contributed by atoms with E-state index >= 15 is 0 Å². The summed E-state index contributed by atoms with van der Waals surface area (Å²) in [5, 5.41) is 5.08. The second-order valence-electron chi connectivity index (χ2n) is 5.74. The average Bonchev–Trinajstić information content (AvgIpc) is 2.54. The first-order valence-corrected chi connectivity index (χ1v) is 8.19. The summed E-state index contributed by atoms with van der Waals surface area (Å²) in [7, 11) is 0. The molecule has 4 rings (SSSR count). The number of rotatable bonds is 1. The summed E-state index contributed by atoms with van der Waals surface area (Å²) < 4.78 is 1.15. The normalized spacial score (nSPS) is 11.2. The van der Waals surface area contributed by atoms with Crippen LogP contribution in [0.3, 0.4) is 0 Å². The Balaban J connectivity index is 1.93. The highest BCUT2D eigenvalue weighted by molar-refractivity contribution is 9.10. The zero-order chi connectivity index (χ0) is 15.1. The first kappa shape index (κ1) is 13.5. The lowest BCUT2D eigenvalue weighted by atomic mass is 9.98. The van der Waals surface area contributed by atoms with Crippen molar-refractivity contribution < 1.29 is 0 Å². The maximum atomic E-state index is 3.64. The Morgan fingerprint density at radius 3 is 2.23 bits per heavy atom. The molecule has 1 heteroatoms. The molecule has 4 aromatic rings. The molecule has 0 heterocycles. The molecule has 4 aromatic carbocycles. The largest absolute Gasteiger partial charge is 0.0605 e. The molecule has 22 heavy (non-hydrogen) atoms. The highest BCUT2D eigenvalue weighted by Gasteiger charge is 2.03. The lowest BCUT2D eigenvalue weighted by molar-refractivity contribution is 1.47. The third-order valence-corrected chi connectivity index (χ3v) is 4.86. The molecular weight excluding hydrogens is 332 g/mol. The highest BCUT2D eigenvalue weighted by Crippen LogP contribution is 2.31. The lowest BCUT2D eigenvalue weighted by Crippen LogP contribution is -1.81. The number of hydrogen-bond donors (Lipinski definition) is 0. The van der Waals surface area contributed by atoms with Crippen molar-refractivity contribution in [2.45, 2.75) is 6.92 Å². The number of halogens is 1. The summed E-state index contributed by atoms with van der Waals surface area (Å²) in [6.45, 7) is 2.12. The van der Waals surface area contributed by atoms with E-state index in [0.717, 1.165) is 4.47 Å². The Hall–Kier alpha value is -2.12. The highest BCUT2D eigenvalue weighted by atomic mass is 79.9. The number of benzene rings is 4. The fourth-order valence-corrected chi connectivity index (χ4v) is 3.41. The Bertz CT molecular complexity index is 982. The Morgan fingerprint density at radius 1 is 0.636 bits per heavy atom. The van der Waals surface area contributed by atoms with Crippen LogP contribution in [0.25, 0.3) is 32.7 Å². The molecule has 0 saturated heterocycles. The fraction of sp³-hybridized carbons (Fsp3) is 0.0476. The standard InChI is InChI=1S/C21H15Br/c1-14-5-7-15(8-6-14)16-9-10-17-13-20-18(12-19(17)11-16)3-2-4-21(20)22/h2-13H,1H3. The fourth-order valence-electron chi connectivity index (χ4n) is 2.91. The smallest absolute Gasteiger partial charge is 0.0253 e. The van der Waals surface area contributed by atoms with E-state index in [1.165, 1.54) is 38.2 Å². The van der Waals surface area contributed by atoms with Crippen LogP contribution in [0, 0.1) is 6.92 Å². The van der Waals surface area contributed by atoms with E-state index < -0.39 is 0 Å². The van der Waals surface area contributed by atoms with E-state index in [9.17, 15) is 0 Å². The molecule has 0 nitrogen and oxygen atoms in total. The van der Waals surface area contributed by atoms with Crippen molar-refractivity contribution in [3.05, 3.63) is 82.8 Å². The van der Waals surface area contributed by atoms with E-state index in [1.54, 1.807) is 0 Å². The van der Waals surface area contributed by atoms with Gasteiger partial charge in [-0.2, -0.15) is 0 Å². The van der Waals surface area contributed by atoms with Gasteiger partial charge in [0.05, 0.1) is 0 Å². The zero-order valence-electron chi connectivity index (χ0n) is 12.3. The second kappa shape index (κ2) is 5.26. The summed E-state index contributed by atoms with van der Waals surface area (Å²) >= 11 is 3.64. The minimum absolute atomic E-state index is 1.15. The molecule has 106 valence electrons. The van der Waals surface area contributed by atoms with Gasteiger partial charge in [-0.05, 0) is 63.9 Å². The molecule has 0 amide bonds. The van der Waals surface area contributed by atoms with Crippen molar-refractivity contribution in [2.24, 2.45) is 0 Å². The van der Waals surface area contributed by atoms with Crippen molar-refractivity contribution in [2.75, 3.05) is 0 Å². The molecule has 0 aliphatic rings. The van der Waals surface area contributed by atoms with E-state index in [2.05, 4.69) is 95.7 Å². The number of fused-ring (bicyclic) bond motifs is 2. The lowest BCUT2D eigenvalue weighted by Gasteiger charge is -2.07. The Kier molecular flexibility index (Phi) is 3.24. The quantitative estimate of drug-likeness (QED) is 0.335. The molecule has 0 unspecified atom stereocenters. The van der Waals surface area contributed by atoms with Crippen LogP contribution >= 0.6 is 15.9 Å². The van der Waals surface area contributed by atoms with Gasteiger partial charge in [0, 0.05) is 4.47 Å². The number of hydrogen-bond acceptors (Lipinski definition) is 0. The van der Waals surface area contributed by atoms with Crippen molar-refractivity contribution in [3.8, 4) is 11.1 Å². The van der Waals surface area contributed by atoms with Crippen LogP contribution in [0.1, 0.15) is 5.56 Å². The molecule has 0 N–H and O–H groups in total. The second-order valence-corrected chi connectivity index (χ2v) is 6.60. The van der Waals surface area contributed by atoms with Gasteiger partial charge >= 0.3 is 0 Å². The molecule has 0 fully saturated rings. The van der Waals surface area contributed by atoms with Gasteiger partial charge in [0.1, 0.15) is 0 Å². The van der Waals surface area contributed by atoms with Gasteiger partial charge in [-0.25, -0.2) is 0 Å². The SMILES string of the molecule is Cc1ccc(-c2ccc3cc4c(Br)cccc4cc3c2)cc1. The minimum Gasteiger partial charge on any atom is -0.0605 e.